The molecule has 0 aliphatic heterocycles. The van der Waals surface area contributed by atoms with Crippen molar-refractivity contribution in [2.75, 3.05) is 13.7 Å². The van der Waals surface area contributed by atoms with Gasteiger partial charge in [0.25, 0.3) is 0 Å². The molecule has 0 bridgehead atoms. The minimum atomic E-state index is -0.0529. The first-order chi connectivity index (χ1) is 10.1. The highest BCUT2D eigenvalue weighted by Gasteiger charge is 2.20. The van der Waals surface area contributed by atoms with E-state index in [9.17, 15) is 0 Å². The van der Waals surface area contributed by atoms with Crippen LogP contribution in [0.5, 0.6) is 5.75 Å². The minimum Gasteiger partial charge on any atom is -0.496 e. The van der Waals surface area contributed by atoms with Crippen LogP contribution in [0.3, 0.4) is 0 Å². The van der Waals surface area contributed by atoms with E-state index in [1.807, 2.05) is 30.3 Å². The minimum absolute atomic E-state index is 0.0529. The molecule has 2 rings (SSSR count). The van der Waals surface area contributed by atoms with Crippen LogP contribution in [0.25, 0.3) is 0 Å². The second-order valence-corrected chi connectivity index (χ2v) is 6.30. The van der Waals surface area contributed by atoms with Crippen LogP contribution in [-0.2, 0) is 0 Å². The number of halogens is 3. The monoisotopic (exact) mass is 387 g/mol. The molecule has 2 nitrogen and oxygen atoms in total. The van der Waals surface area contributed by atoms with Crippen molar-refractivity contribution >= 4 is 39.1 Å². The molecule has 2 aromatic rings. The van der Waals surface area contributed by atoms with Crippen LogP contribution < -0.4 is 10.1 Å². The lowest BCUT2D eigenvalue weighted by Gasteiger charge is -2.22. The molecule has 0 aromatic heterocycles. The van der Waals surface area contributed by atoms with Crippen LogP contribution in [0.4, 0.5) is 0 Å². The van der Waals surface area contributed by atoms with Crippen molar-refractivity contribution in [3.8, 4) is 5.75 Å². The maximum atomic E-state index is 6.36. The third-order valence-electron chi connectivity index (χ3n) is 3.19. The van der Waals surface area contributed by atoms with Gasteiger partial charge in [0.2, 0.25) is 0 Å². The van der Waals surface area contributed by atoms with E-state index in [1.165, 1.54) is 0 Å². The lowest BCUT2D eigenvalue weighted by atomic mass is 9.97. The van der Waals surface area contributed by atoms with Crippen LogP contribution in [0.2, 0.25) is 10.0 Å². The lowest BCUT2D eigenvalue weighted by Crippen LogP contribution is -2.22. The van der Waals surface area contributed by atoms with Gasteiger partial charge in [-0.25, -0.2) is 0 Å². The molecule has 1 unspecified atom stereocenters. The van der Waals surface area contributed by atoms with Crippen molar-refractivity contribution in [1.29, 1.82) is 0 Å². The molecule has 0 aliphatic carbocycles. The van der Waals surface area contributed by atoms with E-state index in [2.05, 4.69) is 28.2 Å². The average Bonchev–Trinajstić information content (AvgIpc) is 2.45. The molecular formula is C16H16BrCl2NO. The van der Waals surface area contributed by atoms with E-state index in [0.29, 0.717) is 10.0 Å². The van der Waals surface area contributed by atoms with E-state index in [0.717, 1.165) is 27.9 Å². The summed E-state index contributed by atoms with van der Waals surface area (Å²) in [5, 5.41) is 4.71. The summed E-state index contributed by atoms with van der Waals surface area (Å²) in [5.41, 5.74) is 2.01. The average molecular weight is 389 g/mol. The fourth-order valence-electron chi connectivity index (χ4n) is 2.25. The molecule has 0 fully saturated rings. The second kappa shape index (κ2) is 7.50. The molecule has 0 radical (unpaired) electrons. The molecular weight excluding hydrogens is 373 g/mol. The summed E-state index contributed by atoms with van der Waals surface area (Å²) in [6.45, 7) is 2.87. The van der Waals surface area contributed by atoms with Crippen LogP contribution in [-0.4, -0.2) is 13.7 Å². The summed E-state index contributed by atoms with van der Waals surface area (Å²) < 4.78 is 6.47. The lowest BCUT2D eigenvalue weighted by molar-refractivity contribution is 0.404. The number of hydrogen-bond acceptors (Lipinski definition) is 2. The summed E-state index contributed by atoms with van der Waals surface area (Å²) in [4.78, 5) is 0. The Morgan fingerprint density at radius 2 is 1.86 bits per heavy atom. The van der Waals surface area contributed by atoms with Gasteiger partial charge in [0.15, 0.2) is 0 Å². The van der Waals surface area contributed by atoms with Crippen LogP contribution >= 0.6 is 39.1 Å². The van der Waals surface area contributed by atoms with Crippen molar-refractivity contribution in [1.82, 2.24) is 5.32 Å². The van der Waals surface area contributed by atoms with Gasteiger partial charge in [-0.05, 0) is 36.4 Å². The first kappa shape index (κ1) is 16.6. The van der Waals surface area contributed by atoms with Gasteiger partial charge in [-0.2, -0.15) is 0 Å². The number of nitrogens with one attached hydrogen (secondary N) is 1. The fraction of sp³-hybridized carbons (Fsp3) is 0.250. The van der Waals surface area contributed by atoms with Gasteiger partial charge >= 0.3 is 0 Å². The Hall–Kier alpha value is -0.740. The molecule has 0 saturated carbocycles. The van der Waals surface area contributed by atoms with Gasteiger partial charge in [0.05, 0.1) is 13.2 Å². The Balaban J connectivity index is 2.53. The summed E-state index contributed by atoms with van der Waals surface area (Å²) >= 11 is 15.8. The van der Waals surface area contributed by atoms with Gasteiger partial charge in [-0.15, -0.1) is 0 Å². The second-order valence-electron chi connectivity index (χ2n) is 4.54. The highest BCUT2D eigenvalue weighted by Crippen LogP contribution is 2.36. The number of ether oxygens (including phenoxy) is 1. The van der Waals surface area contributed by atoms with Crippen molar-refractivity contribution in [3.63, 3.8) is 0 Å². The third kappa shape index (κ3) is 3.92. The number of benzene rings is 2. The highest BCUT2D eigenvalue weighted by atomic mass is 79.9. The van der Waals surface area contributed by atoms with Gasteiger partial charge < -0.3 is 10.1 Å². The van der Waals surface area contributed by atoms with E-state index in [1.54, 1.807) is 13.2 Å². The Labute approximate surface area is 143 Å². The van der Waals surface area contributed by atoms with Gasteiger partial charge in [-0.1, -0.05) is 58.2 Å². The SMILES string of the molecule is CCNC(c1ccc(Cl)cc1Cl)c1ccc(Br)cc1OC. The molecule has 0 aliphatic rings. The molecule has 5 heteroatoms. The fourth-order valence-corrected chi connectivity index (χ4v) is 3.11. The normalized spacial score (nSPS) is 12.2. The van der Waals surface area contributed by atoms with Crippen molar-refractivity contribution in [2.45, 2.75) is 13.0 Å². The van der Waals surface area contributed by atoms with Crippen molar-refractivity contribution < 1.29 is 4.74 Å². The predicted octanol–water partition coefficient (Wildman–Crippen LogP) is 5.46. The molecule has 21 heavy (non-hydrogen) atoms. The molecule has 2 aromatic carbocycles. The van der Waals surface area contributed by atoms with E-state index < -0.39 is 0 Å². The Morgan fingerprint density at radius 3 is 2.48 bits per heavy atom. The molecule has 1 N–H and O–H groups in total. The Morgan fingerprint density at radius 1 is 1.14 bits per heavy atom. The number of hydrogen-bond donors (Lipinski definition) is 1. The first-order valence-electron chi connectivity index (χ1n) is 6.58. The summed E-state index contributed by atoms with van der Waals surface area (Å²) in [7, 11) is 1.66. The third-order valence-corrected chi connectivity index (χ3v) is 4.24. The molecule has 112 valence electrons. The quantitative estimate of drug-likeness (QED) is 0.733. The van der Waals surface area contributed by atoms with E-state index in [4.69, 9.17) is 27.9 Å². The zero-order valence-electron chi connectivity index (χ0n) is 11.8. The molecule has 0 heterocycles. The Kier molecular flexibility index (Phi) is 5.94. The summed E-state index contributed by atoms with van der Waals surface area (Å²) in [6.07, 6.45) is 0. The molecule has 0 amide bonds. The highest BCUT2D eigenvalue weighted by molar-refractivity contribution is 9.10. The number of rotatable bonds is 5. The zero-order chi connectivity index (χ0) is 15.4. The van der Waals surface area contributed by atoms with E-state index in [-0.39, 0.29) is 6.04 Å². The zero-order valence-corrected chi connectivity index (χ0v) is 14.9. The van der Waals surface area contributed by atoms with Gasteiger partial charge in [-0.3, -0.25) is 0 Å². The largest absolute Gasteiger partial charge is 0.496 e. The predicted molar refractivity (Wildman–Crippen MR) is 92.7 cm³/mol. The molecule has 1 atom stereocenters. The standard InChI is InChI=1S/C16H16BrCl2NO/c1-3-20-16(12-7-5-11(18)9-14(12)19)13-6-4-10(17)8-15(13)21-2/h4-9,16,20H,3H2,1-2H3. The first-order valence-corrected chi connectivity index (χ1v) is 8.13. The van der Waals surface area contributed by atoms with Crippen molar-refractivity contribution in [2.24, 2.45) is 0 Å². The van der Waals surface area contributed by atoms with Crippen LogP contribution in [0.15, 0.2) is 40.9 Å². The maximum absolute atomic E-state index is 6.36. The maximum Gasteiger partial charge on any atom is 0.125 e. The Bertz CT molecular complexity index is 634. The van der Waals surface area contributed by atoms with E-state index >= 15 is 0 Å². The smallest absolute Gasteiger partial charge is 0.125 e. The van der Waals surface area contributed by atoms with Gasteiger partial charge in [0.1, 0.15) is 5.75 Å². The summed E-state index contributed by atoms with van der Waals surface area (Å²) in [5.74, 6) is 0.807. The molecule has 0 spiro atoms. The summed E-state index contributed by atoms with van der Waals surface area (Å²) in [6, 6.07) is 11.5. The topological polar surface area (TPSA) is 21.3 Å². The number of methoxy groups -OCH3 is 1. The molecule has 0 saturated heterocycles. The van der Waals surface area contributed by atoms with Crippen LogP contribution in [0, 0.1) is 0 Å². The van der Waals surface area contributed by atoms with Gasteiger partial charge in [0, 0.05) is 20.1 Å². The van der Waals surface area contributed by atoms with Crippen molar-refractivity contribution in [3.05, 3.63) is 62.0 Å². The van der Waals surface area contributed by atoms with Crippen LogP contribution in [0.1, 0.15) is 24.1 Å².